The normalized spacial score (nSPS) is 11.7. The van der Waals surface area contributed by atoms with Gasteiger partial charge < -0.3 is 15.8 Å². The highest BCUT2D eigenvalue weighted by Gasteiger charge is 2.17. The molecule has 0 heterocycles. The van der Waals surface area contributed by atoms with Gasteiger partial charge in [0.25, 0.3) is 5.91 Å². The number of rotatable bonds is 4. The second kappa shape index (κ2) is 5.54. The minimum absolute atomic E-state index is 0.296. The minimum atomic E-state index is -0.747. The Hall–Kier alpha value is -1.75. The average molecular weight is 257 g/mol. The fourth-order valence-corrected chi connectivity index (χ4v) is 1.36. The predicted octanol–water partition coefficient (Wildman–Crippen LogP) is 0.952. The van der Waals surface area contributed by atoms with Crippen molar-refractivity contribution < 1.29 is 14.3 Å². The molecule has 1 atom stereocenters. The summed E-state index contributed by atoms with van der Waals surface area (Å²) in [4.78, 5) is 22.6. The molecule has 0 spiro atoms. The topological polar surface area (TPSA) is 81.4 Å². The number of halogens is 1. The number of ether oxygens (including phenoxy) is 1. The van der Waals surface area contributed by atoms with E-state index in [-0.39, 0.29) is 0 Å². The van der Waals surface area contributed by atoms with E-state index in [1.165, 1.54) is 26.2 Å². The highest BCUT2D eigenvalue weighted by atomic mass is 35.5. The van der Waals surface area contributed by atoms with Gasteiger partial charge in [-0.2, -0.15) is 0 Å². The van der Waals surface area contributed by atoms with Crippen LogP contribution in [0.2, 0.25) is 5.02 Å². The molecule has 0 bridgehead atoms. The Kier molecular flexibility index (Phi) is 4.34. The summed E-state index contributed by atoms with van der Waals surface area (Å²) in [6, 6.07) is 3.85. The zero-order valence-electron chi connectivity index (χ0n) is 9.49. The van der Waals surface area contributed by atoms with Crippen molar-refractivity contribution in [2.24, 2.45) is 5.73 Å². The van der Waals surface area contributed by atoms with Crippen LogP contribution in [0.4, 0.5) is 0 Å². The summed E-state index contributed by atoms with van der Waals surface area (Å²) in [6.45, 7) is 1.50. The number of methoxy groups -OCH3 is 1. The lowest BCUT2D eigenvalue weighted by Gasteiger charge is -2.12. The van der Waals surface area contributed by atoms with Gasteiger partial charge in [-0.1, -0.05) is 11.6 Å². The van der Waals surface area contributed by atoms with Gasteiger partial charge in [0.05, 0.1) is 12.7 Å². The van der Waals surface area contributed by atoms with Crippen LogP contribution in [-0.2, 0) is 4.79 Å². The van der Waals surface area contributed by atoms with Crippen LogP contribution in [-0.4, -0.2) is 25.0 Å². The quantitative estimate of drug-likeness (QED) is 0.842. The molecule has 0 saturated heterocycles. The van der Waals surface area contributed by atoms with Crippen molar-refractivity contribution in [2.75, 3.05) is 7.11 Å². The van der Waals surface area contributed by atoms with Gasteiger partial charge in [0.1, 0.15) is 11.8 Å². The number of hydrogen-bond acceptors (Lipinski definition) is 3. The fraction of sp³-hybridized carbons (Fsp3) is 0.273. The van der Waals surface area contributed by atoms with Crippen molar-refractivity contribution in [1.29, 1.82) is 0 Å². The fourth-order valence-electron chi connectivity index (χ4n) is 1.20. The van der Waals surface area contributed by atoms with Crippen LogP contribution in [0.15, 0.2) is 18.2 Å². The van der Waals surface area contributed by atoms with Gasteiger partial charge in [-0.25, -0.2) is 0 Å². The third kappa shape index (κ3) is 3.35. The maximum atomic E-state index is 11.8. The van der Waals surface area contributed by atoms with E-state index in [2.05, 4.69) is 5.32 Å². The maximum absolute atomic E-state index is 11.8. The number of benzene rings is 1. The lowest BCUT2D eigenvalue weighted by atomic mass is 10.1. The lowest BCUT2D eigenvalue weighted by Crippen LogP contribution is -2.42. The molecule has 2 amide bonds. The third-order valence-electron chi connectivity index (χ3n) is 2.18. The number of nitrogens with two attached hydrogens (primary N) is 1. The van der Waals surface area contributed by atoms with E-state index in [1.54, 1.807) is 6.07 Å². The number of carbonyl (C=O) groups excluding carboxylic acids is 2. The molecule has 1 aromatic carbocycles. The van der Waals surface area contributed by atoms with Crippen LogP contribution >= 0.6 is 11.6 Å². The van der Waals surface area contributed by atoms with E-state index in [1.807, 2.05) is 0 Å². The average Bonchev–Trinajstić information content (AvgIpc) is 2.28. The standard InChI is InChI=1S/C11H13ClN2O3/c1-6(10(13)15)14-11(16)8-4-3-7(12)5-9(8)17-2/h3-6H,1-2H3,(H2,13,15)(H,14,16)/t6-/m0/s1. The smallest absolute Gasteiger partial charge is 0.255 e. The van der Waals surface area contributed by atoms with Crippen molar-refractivity contribution in [3.8, 4) is 5.75 Å². The number of amides is 2. The molecule has 0 aromatic heterocycles. The first kappa shape index (κ1) is 13.3. The Labute approximate surface area is 104 Å². The van der Waals surface area contributed by atoms with Crippen LogP contribution in [0, 0.1) is 0 Å². The lowest BCUT2D eigenvalue weighted by molar-refractivity contribution is -0.119. The molecule has 0 aliphatic carbocycles. The van der Waals surface area contributed by atoms with Gasteiger partial charge in [-0.05, 0) is 25.1 Å². The first-order chi connectivity index (χ1) is 7.95. The Morgan fingerprint density at radius 3 is 2.65 bits per heavy atom. The summed E-state index contributed by atoms with van der Waals surface area (Å²) in [5, 5.41) is 2.91. The van der Waals surface area contributed by atoms with E-state index < -0.39 is 17.9 Å². The van der Waals surface area contributed by atoms with E-state index in [9.17, 15) is 9.59 Å². The molecule has 0 unspecified atom stereocenters. The first-order valence-corrected chi connectivity index (χ1v) is 5.27. The SMILES string of the molecule is COc1cc(Cl)ccc1C(=O)N[C@@H](C)C(N)=O. The molecule has 5 nitrogen and oxygen atoms in total. The molecular weight excluding hydrogens is 244 g/mol. The molecule has 6 heteroatoms. The number of carbonyl (C=O) groups is 2. The van der Waals surface area contributed by atoms with E-state index >= 15 is 0 Å². The molecular formula is C11H13ClN2O3. The summed E-state index contributed by atoms with van der Waals surface area (Å²) in [6.07, 6.45) is 0. The molecule has 1 rings (SSSR count). The zero-order chi connectivity index (χ0) is 13.0. The molecule has 17 heavy (non-hydrogen) atoms. The van der Waals surface area contributed by atoms with Crippen LogP contribution in [0.25, 0.3) is 0 Å². The summed E-state index contributed by atoms with van der Waals surface area (Å²) in [5.41, 5.74) is 5.35. The Balaban J connectivity index is 2.92. The van der Waals surface area contributed by atoms with Crippen LogP contribution in [0.1, 0.15) is 17.3 Å². The van der Waals surface area contributed by atoms with Crippen molar-refractivity contribution in [3.63, 3.8) is 0 Å². The van der Waals surface area contributed by atoms with Crippen LogP contribution < -0.4 is 15.8 Å². The maximum Gasteiger partial charge on any atom is 0.255 e. The van der Waals surface area contributed by atoms with Crippen LogP contribution in [0.5, 0.6) is 5.75 Å². The minimum Gasteiger partial charge on any atom is -0.496 e. The molecule has 0 aliphatic rings. The molecule has 1 aromatic rings. The summed E-state index contributed by atoms with van der Waals surface area (Å²) in [7, 11) is 1.43. The summed E-state index contributed by atoms with van der Waals surface area (Å²) < 4.78 is 5.03. The monoisotopic (exact) mass is 256 g/mol. The number of nitrogens with one attached hydrogen (secondary N) is 1. The highest BCUT2D eigenvalue weighted by Crippen LogP contribution is 2.22. The predicted molar refractivity (Wildman–Crippen MR) is 64.1 cm³/mol. The van der Waals surface area contributed by atoms with Gasteiger partial charge in [0.15, 0.2) is 0 Å². The van der Waals surface area contributed by atoms with Crippen molar-refractivity contribution in [1.82, 2.24) is 5.32 Å². The number of hydrogen-bond donors (Lipinski definition) is 2. The molecule has 92 valence electrons. The van der Waals surface area contributed by atoms with Gasteiger partial charge in [0, 0.05) is 5.02 Å². The van der Waals surface area contributed by atoms with E-state index in [4.69, 9.17) is 22.1 Å². The second-order valence-corrected chi connectivity index (χ2v) is 3.88. The molecule has 0 aliphatic heterocycles. The van der Waals surface area contributed by atoms with Gasteiger partial charge in [-0.3, -0.25) is 9.59 Å². The van der Waals surface area contributed by atoms with Crippen LogP contribution in [0.3, 0.4) is 0 Å². The van der Waals surface area contributed by atoms with Crippen molar-refractivity contribution in [2.45, 2.75) is 13.0 Å². The zero-order valence-corrected chi connectivity index (χ0v) is 10.2. The molecule has 0 fully saturated rings. The van der Waals surface area contributed by atoms with Crippen molar-refractivity contribution >= 4 is 23.4 Å². The van der Waals surface area contributed by atoms with Gasteiger partial charge in [0.2, 0.25) is 5.91 Å². The van der Waals surface area contributed by atoms with E-state index in [0.717, 1.165) is 0 Å². The van der Waals surface area contributed by atoms with Gasteiger partial charge >= 0.3 is 0 Å². The Morgan fingerprint density at radius 1 is 1.47 bits per heavy atom. The van der Waals surface area contributed by atoms with Gasteiger partial charge in [-0.15, -0.1) is 0 Å². The highest BCUT2D eigenvalue weighted by molar-refractivity contribution is 6.30. The van der Waals surface area contributed by atoms with Crippen molar-refractivity contribution in [3.05, 3.63) is 28.8 Å². The Bertz CT molecular complexity index is 448. The molecule has 3 N–H and O–H groups in total. The molecule has 0 saturated carbocycles. The summed E-state index contributed by atoms with van der Waals surface area (Å²) >= 11 is 5.77. The second-order valence-electron chi connectivity index (χ2n) is 3.44. The molecule has 0 radical (unpaired) electrons. The Morgan fingerprint density at radius 2 is 2.12 bits per heavy atom. The third-order valence-corrected chi connectivity index (χ3v) is 2.42. The summed E-state index contributed by atoms with van der Waals surface area (Å²) in [5.74, 6) is -0.706. The van der Waals surface area contributed by atoms with E-state index in [0.29, 0.717) is 16.3 Å². The number of primary amides is 1. The first-order valence-electron chi connectivity index (χ1n) is 4.89. The largest absolute Gasteiger partial charge is 0.496 e.